The summed E-state index contributed by atoms with van der Waals surface area (Å²) in [5, 5.41) is 2.97. The van der Waals surface area contributed by atoms with Gasteiger partial charge in [0.15, 0.2) is 0 Å². The third kappa shape index (κ3) is 3.12. The standard InChI is InChI=1S/C13H16BrN3OS/c1-8-11(14)12(18)17(7-15-8)5-10-16-9(6-19-10)13(2,3)4/h6-7H,5H2,1-4H3. The van der Waals surface area contributed by atoms with E-state index >= 15 is 0 Å². The van der Waals surface area contributed by atoms with E-state index in [2.05, 4.69) is 52.0 Å². The molecule has 0 aromatic carbocycles. The van der Waals surface area contributed by atoms with Crippen molar-refractivity contribution < 1.29 is 0 Å². The van der Waals surface area contributed by atoms with Gasteiger partial charge in [-0.25, -0.2) is 9.97 Å². The van der Waals surface area contributed by atoms with Gasteiger partial charge in [0.2, 0.25) is 0 Å². The van der Waals surface area contributed by atoms with Crippen LogP contribution in [0.1, 0.15) is 37.2 Å². The van der Waals surface area contributed by atoms with Crippen molar-refractivity contribution in [3.05, 3.63) is 42.9 Å². The van der Waals surface area contributed by atoms with Gasteiger partial charge in [-0.1, -0.05) is 20.8 Å². The summed E-state index contributed by atoms with van der Waals surface area (Å²) in [6.07, 6.45) is 1.57. The first-order chi connectivity index (χ1) is 8.79. The Balaban J connectivity index is 2.30. The highest BCUT2D eigenvalue weighted by Gasteiger charge is 2.17. The summed E-state index contributed by atoms with van der Waals surface area (Å²) >= 11 is 4.84. The van der Waals surface area contributed by atoms with Crippen molar-refractivity contribution >= 4 is 27.3 Å². The quantitative estimate of drug-likeness (QED) is 0.843. The van der Waals surface area contributed by atoms with E-state index in [9.17, 15) is 4.79 Å². The lowest BCUT2D eigenvalue weighted by atomic mass is 9.93. The SMILES string of the molecule is Cc1ncn(Cc2nc(C(C)(C)C)cs2)c(=O)c1Br. The number of hydrogen-bond acceptors (Lipinski definition) is 4. The highest BCUT2D eigenvalue weighted by Crippen LogP contribution is 2.24. The summed E-state index contributed by atoms with van der Waals surface area (Å²) in [5.41, 5.74) is 1.72. The molecule has 0 fully saturated rings. The molecule has 2 aromatic heterocycles. The van der Waals surface area contributed by atoms with Crippen LogP contribution in [-0.4, -0.2) is 14.5 Å². The molecule has 0 unspecified atom stereocenters. The Kier molecular flexibility index (Phi) is 3.92. The Hall–Kier alpha value is -1.01. The van der Waals surface area contributed by atoms with Gasteiger partial charge in [-0.3, -0.25) is 9.36 Å². The van der Waals surface area contributed by atoms with E-state index in [1.54, 1.807) is 29.2 Å². The van der Waals surface area contributed by atoms with Gasteiger partial charge in [0.25, 0.3) is 5.56 Å². The zero-order valence-electron chi connectivity index (χ0n) is 11.4. The van der Waals surface area contributed by atoms with Gasteiger partial charge in [0, 0.05) is 10.8 Å². The van der Waals surface area contributed by atoms with Crippen LogP contribution in [0.3, 0.4) is 0 Å². The predicted octanol–water partition coefficient (Wildman–Crippen LogP) is 3.12. The molecule has 0 aliphatic carbocycles. The predicted molar refractivity (Wildman–Crippen MR) is 80.9 cm³/mol. The Bertz CT molecular complexity index is 655. The van der Waals surface area contributed by atoms with Crippen LogP contribution in [0, 0.1) is 6.92 Å². The van der Waals surface area contributed by atoms with Gasteiger partial charge in [-0.05, 0) is 22.9 Å². The van der Waals surface area contributed by atoms with Crippen LogP contribution in [-0.2, 0) is 12.0 Å². The minimum Gasteiger partial charge on any atom is -0.291 e. The molecule has 0 amide bonds. The minimum atomic E-state index is -0.0694. The third-order valence-corrected chi connectivity index (χ3v) is 4.53. The number of aryl methyl sites for hydroxylation is 1. The topological polar surface area (TPSA) is 47.8 Å². The third-order valence-electron chi connectivity index (χ3n) is 2.78. The monoisotopic (exact) mass is 341 g/mol. The first-order valence-corrected chi connectivity index (χ1v) is 7.62. The van der Waals surface area contributed by atoms with E-state index in [4.69, 9.17) is 0 Å². The maximum absolute atomic E-state index is 12.1. The van der Waals surface area contributed by atoms with Crippen molar-refractivity contribution in [2.24, 2.45) is 0 Å². The molecule has 2 rings (SSSR count). The fourth-order valence-corrected chi connectivity index (χ4v) is 2.88. The molecule has 0 atom stereocenters. The van der Waals surface area contributed by atoms with Gasteiger partial charge in [-0.2, -0.15) is 0 Å². The van der Waals surface area contributed by atoms with Crippen LogP contribution in [0.5, 0.6) is 0 Å². The first kappa shape index (κ1) is 14.4. The van der Waals surface area contributed by atoms with Crippen LogP contribution in [0.2, 0.25) is 0 Å². The van der Waals surface area contributed by atoms with Gasteiger partial charge in [0.05, 0.1) is 24.3 Å². The molecule has 0 N–H and O–H groups in total. The molecule has 6 heteroatoms. The van der Waals surface area contributed by atoms with E-state index in [0.717, 1.165) is 10.7 Å². The van der Waals surface area contributed by atoms with E-state index in [1.165, 1.54) is 0 Å². The number of halogens is 1. The summed E-state index contributed by atoms with van der Waals surface area (Å²) < 4.78 is 2.09. The highest BCUT2D eigenvalue weighted by molar-refractivity contribution is 9.10. The zero-order valence-corrected chi connectivity index (χ0v) is 13.8. The molecule has 0 radical (unpaired) electrons. The highest BCUT2D eigenvalue weighted by atomic mass is 79.9. The molecule has 0 aliphatic heterocycles. The fraction of sp³-hybridized carbons (Fsp3) is 0.462. The molecule has 2 heterocycles. The minimum absolute atomic E-state index is 0.0336. The summed E-state index contributed by atoms with van der Waals surface area (Å²) in [7, 11) is 0. The molecule has 0 bridgehead atoms. The van der Waals surface area contributed by atoms with Gasteiger partial charge < -0.3 is 0 Å². The average Bonchev–Trinajstić information content (AvgIpc) is 2.78. The summed E-state index contributed by atoms with van der Waals surface area (Å²) in [4.78, 5) is 20.8. The molecule has 0 saturated carbocycles. The molecule has 102 valence electrons. The molecule has 0 spiro atoms. The second-order valence-corrected chi connectivity index (χ2v) is 7.19. The van der Waals surface area contributed by atoms with E-state index in [1.807, 2.05) is 0 Å². The van der Waals surface area contributed by atoms with E-state index in [-0.39, 0.29) is 11.0 Å². The number of aromatic nitrogens is 3. The number of rotatable bonds is 2. The van der Waals surface area contributed by atoms with Crippen molar-refractivity contribution in [2.75, 3.05) is 0 Å². The molecule has 2 aromatic rings. The summed E-state index contributed by atoms with van der Waals surface area (Å²) in [5.74, 6) is 0. The largest absolute Gasteiger partial charge is 0.291 e. The van der Waals surface area contributed by atoms with Crippen LogP contribution in [0.4, 0.5) is 0 Å². The number of hydrogen-bond donors (Lipinski definition) is 0. The molecular weight excluding hydrogens is 326 g/mol. The normalized spacial score (nSPS) is 11.8. The van der Waals surface area contributed by atoms with Crippen molar-refractivity contribution in [3.8, 4) is 0 Å². The van der Waals surface area contributed by atoms with Crippen molar-refractivity contribution in [2.45, 2.75) is 39.7 Å². The van der Waals surface area contributed by atoms with E-state index in [0.29, 0.717) is 16.7 Å². The second-order valence-electron chi connectivity index (χ2n) is 5.45. The molecule has 19 heavy (non-hydrogen) atoms. The Morgan fingerprint density at radius 2 is 2.11 bits per heavy atom. The number of nitrogens with zero attached hydrogens (tertiary/aromatic N) is 3. The lowest BCUT2D eigenvalue weighted by molar-refractivity contribution is 0.569. The molecular formula is C13H16BrN3OS. The van der Waals surface area contributed by atoms with Crippen molar-refractivity contribution in [1.29, 1.82) is 0 Å². The average molecular weight is 342 g/mol. The Labute approximate surface area is 124 Å². The van der Waals surface area contributed by atoms with Crippen molar-refractivity contribution in [1.82, 2.24) is 14.5 Å². The Morgan fingerprint density at radius 3 is 2.68 bits per heavy atom. The van der Waals surface area contributed by atoms with Crippen LogP contribution in [0.25, 0.3) is 0 Å². The number of thiazole rings is 1. The lowest BCUT2D eigenvalue weighted by Crippen LogP contribution is -2.22. The molecule has 0 aliphatic rings. The maximum Gasteiger partial charge on any atom is 0.268 e. The van der Waals surface area contributed by atoms with E-state index < -0.39 is 0 Å². The van der Waals surface area contributed by atoms with Crippen molar-refractivity contribution in [3.63, 3.8) is 0 Å². The lowest BCUT2D eigenvalue weighted by Gasteiger charge is -2.14. The van der Waals surface area contributed by atoms with Crippen LogP contribution in [0.15, 0.2) is 21.0 Å². The van der Waals surface area contributed by atoms with Crippen LogP contribution >= 0.6 is 27.3 Å². The smallest absolute Gasteiger partial charge is 0.268 e. The fourth-order valence-electron chi connectivity index (χ4n) is 1.53. The van der Waals surface area contributed by atoms with Gasteiger partial charge >= 0.3 is 0 Å². The summed E-state index contributed by atoms with van der Waals surface area (Å²) in [6, 6.07) is 0. The first-order valence-electron chi connectivity index (χ1n) is 5.95. The summed E-state index contributed by atoms with van der Waals surface area (Å²) in [6.45, 7) is 8.65. The van der Waals surface area contributed by atoms with Gasteiger partial charge in [-0.15, -0.1) is 11.3 Å². The zero-order chi connectivity index (χ0) is 14.2. The Morgan fingerprint density at radius 1 is 1.42 bits per heavy atom. The molecule has 0 saturated heterocycles. The molecule has 4 nitrogen and oxygen atoms in total. The maximum atomic E-state index is 12.1. The van der Waals surface area contributed by atoms with Crippen LogP contribution < -0.4 is 5.56 Å². The van der Waals surface area contributed by atoms with Gasteiger partial charge in [0.1, 0.15) is 9.48 Å². The second kappa shape index (κ2) is 5.17.